The second kappa shape index (κ2) is 5.51. The smallest absolute Gasteiger partial charge is 0.307 e. The van der Waals surface area contributed by atoms with Crippen molar-refractivity contribution in [2.75, 3.05) is 5.32 Å². The Labute approximate surface area is 124 Å². The number of ether oxygens (including phenoxy) is 1. The van der Waals surface area contributed by atoms with Crippen molar-refractivity contribution in [3.63, 3.8) is 0 Å². The van der Waals surface area contributed by atoms with Crippen LogP contribution >= 0.6 is 0 Å². The molecule has 2 aliphatic rings. The van der Waals surface area contributed by atoms with Crippen LogP contribution in [0.15, 0.2) is 24.3 Å². The molecule has 2 fully saturated rings. The molecule has 1 aliphatic carbocycles. The average molecular weight is 287 g/mol. The molecule has 1 aromatic carbocycles. The number of anilines is 1. The molecule has 0 radical (unpaired) electrons. The third-order valence-corrected chi connectivity index (χ3v) is 4.66. The van der Waals surface area contributed by atoms with Gasteiger partial charge in [-0.05, 0) is 44.7 Å². The van der Waals surface area contributed by atoms with Gasteiger partial charge >= 0.3 is 5.97 Å². The summed E-state index contributed by atoms with van der Waals surface area (Å²) < 4.78 is 5.58. The molecular weight excluding hydrogens is 266 g/mol. The second-order valence-electron chi connectivity index (χ2n) is 6.21. The molecule has 112 valence electrons. The third-order valence-electron chi connectivity index (χ3n) is 4.66. The maximum Gasteiger partial charge on any atom is 0.307 e. The third kappa shape index (κ3) is 2.80. The molecule has 1 aliphatic heterocycles. The van der Waals surface area contributed by atoms with Crippen molar-refractivity contribution in [3.05, 3.63) is 29.8 Å². The van der Waals surface area contributed by atoms with Crippen LogP contribution in [0.4, 0.5) is 5.69 Å². The molecule has 1 spiro atoms. The van der Waals surface area contributed by atoms with Crippen LogP contribution in [-0.2, 0) is 14.3 Å². The van der Waals surface area contributed by atoms with Gasteiger partial charge in [-0.3, -0.25) is 9.59 Å². The molecule has 3 rings (SSSR count). The Morgan fingerprint density at radius 3 is 2.52 bits per heavy atom. The van der Waals surface area contributed by atoms with E-state index in [-0.39, 0.29) is 24.2 Å². The first-order chi connectivity index (χ1) is 10.1. The van der Waals surface area contributed by atoms with Gasteiger partial charge in [0.25, 0.3) is 0 Å². The van der Waals surface area contributed by atoms with E-state index in [0.717, 1.165) is 43.4 Å². The lowest BCUT2D eigenvalue weighted by Crippen LogP contribution is -2.43. The number of nitrogens with one attached hydrogen (secondary N) is 1. The average Bonchev–Trinajstić information content (AvgIpc) is 2.78. The molecule has 4 heteroatoms. The first-order valence-corrected chi connectivity index (χ1v) is 7.68. The van der Waals surface area contributed by atoms with Crippen LogP contribution in [0.5, 0.6) is 0 Å². The number of hydrogen-bond donors (Lipinski definition) is 1. The number of hydrogen-bond acceptors (Lipinski definition) is 3. The summed E-state index contributed by atoms with van der Waals surface area (Å²) in [5.41, 5.74) is 1.37. The minimum Gasteiger partial charge on any atom is -0.458 e. The number of esters is 1. The van der Waals surface area contributed by atoms with Crippen LogP contribution in [0.1, 0.15) is 44.1 Å². The van der Waals surface area contributed by atoms with E-state index in [9.17, 15) is 9.59 Å². The molecule has 21 heavy (non-hydrogen) atoms. The van der Waals surface area contributed by atoms with Gasteiger partial charge in [-0.1, -0.05) is 24.1 Å². The molecule has 1 amide bonds. The van der Waals surface area contributed by atoms with Crippen LogP contribution < -0.4 is 5.32 Å². The minimum absolute atomic E-state index is 0.0911. The number of benzene rings is 1. The van der Waals surface area contributed by atoms with Gasteiger partial charge in [-0.2, -0.15) is 0 Å². The lowest BCUT2D eigenvalue weighted by Gasteiger charge is -2.36. The molecule has 1 aromatic rings. The molecular formula is C17H21NO3. The largest absolute Gasteiger partial charge is 0.458 e. The second-order valence-corrected chi connectivity index (χ2v) is 6.21. The number of aryl methyl sites for hydroxylation is 1. The van der Waals surface area contributed by atoms with Crippen LogP contribution in [0, 0.1) is 12.8 Å². The van der Waals surface area contributed by atoms with E-state index in [4.69, 9.17) is 4.74 Å². The first-order valence-electron chi connectivity index (χ1n) is 7.68. The van der Waals surface area contributed by atoms with E-state index in [2.05, 4.69) is 5.32 Å². The van der Waals surface area contributed by atoms with Crippen LogP contribution in [0.25, 0.3) is 0 Å². The predicted octanol–water partition coefficient (Wildman–Crippen LogP) is 3.20. The fourth-order valence-corrected chi connectivity index (χ4v) is 3.49. The number of amides is 1. The van der Waals surface area contributed by atoms with Gasteiger partial charge in [0.15, 0.2) is 0 Å². The van der Waals surface area contributed by atoms with Crippen molar-refractivity contribution >= 4 is 17.6 Å². The van der Waals surface area contributed by atoms with E-state index in [1.54, 1.807) is 0 Å². The zero-order chi connectivity index (χ0) is 14.9. The summed E-state index contributed by atoms with van der Waals surface area (Å²) in [7, 11) is 0. The van der Waals surface area contributed by atoms with Gasteiger partial charge in [0.2, 0.25) is 5.91 Å². The highest BCUT2D eigenvalue weighted by Gasteiger charge is 2.52. The molecule has 1 heterocycles. The number of carbonyl (C=O) groups is 2. The summed E-state index contributed by atoms with van der Waals surface area (Å²) in [6.45, 7) is 2.01. The fourth-order valence-electron chi connectivity index (χ4n) is 3.49. The van der Waals surface area contributed by atoms with Gasteiger partial charge in [0.05, 0.1) is 12.3 Å². The fraction of sp³-hybridized carbons (Fsp3) is 0.529. The Balaban J connectivity index is 1.76. The van der Waals surface area contributed by atoms with E-state index in [1.165, 1.54) is 0 Å². The maximum atomic E-state index is 12.6. The summed E-state index contributed by atoms with van der Waals surface area (Å²) in [6.07, 6.45) is 5.04. The van der Waals surface area contributed by atoms with Gasteiger partial charge in [-0.25, -0.2) is 0 Å². The van der Waals surface area contributed by atoms with Crippen molar-refractivity contribution < 1.29 is 14.3 Å². The molecule has 1 saturated carbocycles. The monoisotopic (exact) mass is 287 g/mol. The molecule has 1 atom stereocenters. The number of rotatable bonds is 2. The Hall–Kier alpha value is -1.84. The molecule has 0 unspecified atom stereocenters. The summed E-state index contributed by atoms with van der Waals surface area (Å²) in [6, 6.07) is 7.70. The SMILES string of the molecule is Cc1ccc(NC(=O)[C@@H]2CC(=O)OC23CCCCC3)cc1. The molecule has 1 N–H and O–H groups in total. The van der Waals surface area contributed by atoms with Crippen molar-refractivity contribution in [2.24, 2.45) is 5.92 Å². The summed E-state index contributed by atoms with van der Waals surface area (Å²) in [5.74, 6) is -0.681. The molecule has 4 nitrogen and oxygen atoms in total. The Morgan fingerprint density at radius 1 is 1.19 bits per heavy atom. The number of carbonyl (C=O) groups excluding carboxylic acids is 2. The Bertz CT molecular complexity index is 544. The van der Waals surface area contributed by atoms with E-state index >= 15 is 0 Å². The lowest BCUT2D eigenvalue weighted by molar-refractivity contribution is -0.153. The highest BCUT2D eigenvalue weighted by Crippen LogP contribution is 2.44. The summed E-state index contributed by atoms with van der Waals surface area (Å²) >= 11 is 0. The highest BCUT2D eigenvalue weighted by atomic mass is 16.6. The van der Waals surface area contributed by atoms with Crippen molar-refractivity contribution in [1.82, 2.24) is 0 Å². The van der Waals surface area contributed by atoms with Crippen molar-refractivity contribution in [2.45, 2.75) is 51.0 Å². The van der Waals surface area contributed by atoms with Crippen LogP contribution in [-0.4, -0.2) is 17.5 Å². The zero-order valence-corrected chi connectivity index (χ0v) is 12.4. The predicted molar refractivity (Wildman–Crippen MR) is 79.8 cm³/mol. The highest BCUT2D eigenvalue weighted by molar-refractivity contribution is 5.97. The van der Waals surface area contributed by atoms with Gasteiger partial charge < -0.3 is 10.1 Å². The Morgan fingerprint density at radius 2 is 1.86 bits per heavy atom. The molecule has 1 saturated heterocycles. The quantitative estimate of drug-likeness (QED) is 0.850. The molecule has 0 bridgehead atoms. The van der Waals surface area contributed by atoms with Crippen molar-refractivity contribution in [1.29, 1.82) is 0 Å². The van der Waals surface area contributed by atoms with E-state index in [1.807, 2.05) is 31.2 Å². The lowest BCUT2D eigenvalue weighted by atomic mass is 9.75. The Kier molecular flexibility index (Phi) is 3.70. The van der Waals surface area contributed by atoms with Gasteiger partial charge in [0, 0.05) is 5.69 Å². The van der Waals surface area contributed by atoms with Crippen molar-refractivity contribution in [3.8, 4) is 0 Å². The zero-order valence-electron chi connectivity index (χ0n) is 12.4. The normalized spacial score (nSPS) is 23.9. The summed E-state index contributed by atoms with van der Waals surface area (Å²) in [5, 5.41) is 2.93. The summed E-state index contributed by atoms with van der Waals surface area (Å²) in [4.78, 5) is 24.3. The van der Waals surface area contributed by atoms with Crippen LogP contribution in [0.3, 0.4) is 0 Å². The van der Waals surface area contributed by atoms with E-state index < -0.39 is 5.60 Å². The maximum absolute atomic E-state index is 12.6. The first kappa shape index (κ1) is 14.1. The minimum atomic E-state index is -0.551. The topological polar surface area (TPSA) is 55.4 Å². The van der Waals surface area contributed by atoms with Crippen LogP contribution in [0.2, 0.25) is 0 Å². The van der Waals surface area contributed by atoms with E-state index in [0.29, 0.717) is 0 Å². The standard InChI is InChI=1S/C17H21NO3/c1-12-5-7-13(8-6-12)18-16(20)14-11-15(19)21-17(14)9-3-2-4-10-17/h5-8,14H,2-4,9-11H2,1H3,(H,18,20)/t14-/m0/s1. The molecule has 0 aromatic heterocycles. The van der Waals surface area contributed by atoms with Gasteiger partial charge in [-0.15, -0.1) is 0 Å². The van der Waals surface area contributed by atoms with Gasteiger partial charge in [0.1, 0.15) is 5.60 Å².